The van der Waals surface area contributed by atoms with Gasteiger partial charge in [0.25, 0.3) is 0 Å². The van der Waals surface area contributed by atoms with Gasteiger partial charge >= 0.3 is 0 Å². The minimum absolute atomic E-state index is 0.384. The monoisotopic (exact) mass is 844 g/mol. The Balaban J connectivity index is 0.000000139. The second kappa shape index (κ2) is 18.5. The van der Waals surface area contributed by atoms with Crippen molar-refractivity contribution in [2.24, 2.45) is 0 Å². The molecule has 0 aromatic heterocycles. The van der Waals surface area contributed by atoms with Crippen LogP contribution in [0.1, 0.15) is 22.3 Å². The number of nitrogens with zero attached hydrogens (tertiary/aromatic N) is 4. The van der Waals surface area contributed by atoms with Gasteiger partial charge in [0.2, 0.25) is 0 Å². The van der Waals surface area contributed by atoms with Gasteiger partial charge in [0.1, 0.15) is 0 Å². The number of hydrogen-bond acceptors (Lipinski definition) is 12. The molecule has 8 fully saturated rings. The molecule has 8 saturated heterocycles. The molecule has 12 heteroatoms. The molecule has 328 valence electrons. The van der Waals surface area contributed by atoms with Crippen LogP contribution >= 0.6 is 0 Å². The molecule has 0 radical (unpaired) electrons. The molecule has 0 spiro atoms. The molecule has 8 heterocycles. The van der Waals surface area contributed by atoms with Crippen molar-refractivity contribution in [1.29, 1.82) is 0 Å². The summed E-state index contributed by atoms with van der Waals surface area (Å²) >= 11 is 0. The normalized spacial score (nSPS) is 27.6. The molecule has 4 aromatic rings. The summed E-state index contributed by atoms with van der Waals surface area (Å²) in [5, 5.41) is 0. The molecule has 0 saturated carbocycles. The third-order valence-corrected chi connectivity index (χ3v) is 12.6. The smallest absolute Gasteiger partial charge is 0.0984 e. The first kappa shape index (κ1) is 40.5. The zero-order valence-corrected chi connectivity index (χ0v) is 35.6. The Morgan fingerprint density at radius 1 is 0.258 bits per heavy atom. The average molecular weight is 845 g/mol. The standard InChI is InChI=1S/2C25H30N2O4/c2*1-5-20(26(10-22-14-28-22)11-23-15-29-23)6-2-18(1)9-19-3-7-21(8-4-19)27(12-24-16-30-24)13-25-17-31-25/h2*1-8,22-25H,9-17H2. The molecule has 4 aromatic carbocycles. The molecule has 8 atom stereocenters. The largest absolute Gasteiger partial charge is 0.371 e. The maximum Gasteiger partial charge on any atom is 0.0984 e. The van der Waals surface area contributed by atoms with Gasteiger partial charge in [-0.1, -0.05) is 48.5 Å². The van der Waals surface area contributed by atoms with E-state index in [1.807, 2.05) is 0 Å². The van der Waals surface area contributed by atoms with Crippen LogP contribution in [0.4, 0.5) is 22.7 Å². The molecule has 8 unspecified atom stereocenters. The highest BCUT2D eigenvalue weighted by Crippen LogP contribution is 2.28. The lowest BCUT2D eigenvalue weighted by Gasteiger charge is -2.24. The van der Waals surface area contributed by atoms with Gasteiger partial charge < -0.3 is 57.5 Å². The Kier molecular flexibility index (Phi) is 12.1. The fourth-order valence-electron chi connectivity index (χ4n) is 8.27. The fourth-order valence-corrected chi connectivity index (χ4v) is 8.27. The molecule has 8 aliphatic rings. The predicted molar refractivity (Wildman–Crippen MR) is 238 cm³/mol. The summed E-state index contributed by atoms with van der Waals surface area (Å²) in [7, 11) is 0. The van der Waals surface area contributed by atoms with Crippen LogP contribution < -0.4 is 19.6 Å². The Morgan fingerprint density at radius 2 is 0.403 bits per heavy atom. The highest BCUT2D eigenvalue weighted by atomic mass is 16.6. The molecular formula is C50H60N4O8. The Bertz CT molecular complexity index is 1690. The first-order valence-electron chi connectivity index (χ1n) is 22.9. The first-order chi connectivity index (χ1) is 30.6. The second-order valence-corrected chi connectivity index (χ2v) is 18.3. The van der Waals surface area contributed by atoms with Crippen LogP contribution in [0.25, 0.3) is 0 Å². The van der Waals surface area contributed by atoms with Gasteiger partial charge in [0.05, 0.1) is 102 Å². The molecule has 8 aliphatic heterocycles. The lowest BCUT2D eigenvalue weighted by atomic mass is 10.0. The minimum atomic E-state index is 0.384. The van der Waals surface area contributed by atoms with E-state index in [0.29, 0.717) is 48.8 Å². The number of hydrogen-bond donors (Lipinski definition) is 0. The van der Waals surface area contributed by atoms with Crippen LogP contribution in [0.3, 0.4) is 0 Å². The SMILES string of the molecule is c1cc(N(CC2CO2)CC2CO2)ccc1Cc1ccc(N(CC2CO2)CC2CO2)cc1.c1cc(N(CC2CO2)CC2CO2)ccc1Cc1ccc(N(CC2CO2)CC2CO2)cc1. The van der Waals surface area contributed by atoms with Gasteiger partial charge in [-0.25, -0.2) is 0 Å². The van der Waals surface area contributed by atoms with Gasteiger partial charge in [0, 0.05) is 75.1 Å². The maximum absolute atomic E-state index is 5.44. The van der Waals surface area contributed by atoms with Gasteiger partial charge in [-0.15, -0.1) is 0 Å². The van der Waals surface area contributed by atoms with E-state index in [-0.39, 0.29) is 0 Å². The van der Waals surface area contributed by atoms with Crippen molar-refractivity contribution in [1.82, 2.24) is 0 Å². The van der Waals surface area contributed by atoms with E-state index < -0.39 is 0 Å². The van der Waals surface area contributed by atoms with Crippen molar-refractivity contribution in [2.75, 3.05) is 125 Å². The Morgan fingerprint density at radius 3 is 0.532 bits per heavy atom. The number of rotatable bonds is 24. The summed E-state index contributed by atoms with van der Waals surface area (Å²) in [6.07, 6.45) is 4.95. The number of benzene rings is 4. The van der Waals surface area contributed by atoms with Crippen molar-refractivity contribution in [2.45, 2.75) is 61.7 Å². The third kappa shape index (κ3) is 12.5. The minimum Gasteiger partial charge on any atom is -0.371 e. The summed E-state index contributed by atoms with van der Waals surface area (Å²) in [6.45, 7) is 14.7. The molecule has 12 rings (SSSR count). The lowest BCUT2D eigenvalue weighted by molar-refractivity contribution is 0.388. The molecule has 0 bridgehead atoms. The highest BCUT2D eigenvalue weighted by molar-refractivity contribution is 5.53. The van der Waals surface area contributed by atoms with E-state index in [1.165, 1.54) is 45.0 Å². The van der Waals surface area contributed by atoms with Crippen LogP contribution in [0.5, 0.6) is 0 Å². The van der Waals surface area contributed by atoms with Gasteiger partial charge in [-0.3, -0.25) is 0 Å². The van der Waals surface area contributed by atoms with Crippen LogP contribution in [-0.4, -0.2) is 154 Å². The lowest BCUT2D eigenvalue weighted by Crippen LogP contribution is -2.31. The molecule has 12 nitrogen and oxygen atoms in total. The zero-order valence-electron chi connectivity index (χ0n) is 35.6. The summed E-state index contributed by atoms with van der Waals surface area (Å²) in [4.78, 5) is 9.59. The number of ether oxygens (including phenoxy) is 8. The maximum atomic E-state index is 5.44. The Labute approximate surface area is 365 Å². The molecule has 0 N–H and O–H groups in total. The van der Waals surface area contributed by atoms with E-state index in [9.17, 15) is 0 Å². The number of epoxide rings is 8. The molecule has 0 amide bonds. The van der Waals surface area contributed by atoms with Crippen molar-refractivity contribution < 1.29 is 37.9 Å². The van der Waals surface area contributed by atoms with Crippen molar-refractivity contribution in [3.63, 3.8) is 0 Å². The summed E-state index contributed by atoms with van der Waals surface area (Å²) < 4.78 is 43.5. The average Bonchev–Trinajstić information content (AvgIpc) is 4.10. The van der Waals surface area contributed by atoms with Crippen LogP contribution in [-0.2, 0) is 50.7 Å². The van der Waals surface area contributed by atoms with Gasteiger partial charge in [-0.2, -0.15) is 0 Å². The van der Waals surface area contributed by atoms with Crippen molar-refractivity contribution in [3.05, 3.63) is 119 Å². The van der Waals surface area contributed by atoms with Crippen molar-refractivity contribution in [3.8, 4) is 0 Å². The summed E-state index contributed by atoms with van der Waals surface area (Å²) in [5.41, 5.74) is 10.3. The van der Waals surface area contributed by atoms with E-state index >= 15 is 0 Å². The Hall–Kier alpha value is -4.24. The molecule has 0 aliphatic carbocycles. The van der Waals surface area contributed by atoms with E-state index in [0.717, 1.165) is 118 Å². The van der Waals surface area contributed by atoms with Crippen molar-refractivity contribution >= 4 is 22.7 Å². The summed E-state index contributed by atoms with van der Waals surface area (Å²) in [5.74, 6) is 0. The predicted octanol–water partition coefficient (Wildman–Crippen LogP) is 4.97. The highest BCUT2D eigenvalue weighted by Gasteiger charge is 2.34. The van der Waals surface area contributed by atoms with Gasteiger partial charge in [-0.05, 0) is 83.6 Å². The van der Waals surface area contributed by atoms with Crippen LogP contribution in [0, 0.1) is 0 Å². The first-order valence-corrected chi connectivity index (χ1v) is 22.9. The topological polar surface area (TPSA) is 113 Å². The second-order valence-electron chi connectivity index (χ2n) is 18.3. The zero-order chi connectivity index (χ0) is 41.2. The van der Waals surface area contributed by atoms with E-state index in [1.54, 1.807) is 0 Å². The van der Waals surface area contributed by atoms with Gasteiger partial charge in [0.15, 0.2) is 0 Å². The van der Waals surface area contributed by atoms with E-state index in [2.05, 4.69) is 117 Å². The third-order valence-electron chi connectivity index (χ3n) is 12.6. The van der Waals surface area contributed by atoms with E-state index in [4.69, 9.17) is 37.9 Å². The molecular weight excluding hydrogens is 785 g/mol. The van der Waals surface area contributed by atoms with Crippen LogP contribution in [0.15, 0.2) is 97.1 Å². The summed E-state index contributed by atoms with van der Waals surface area (Å²) in [6, 6.07) is 35.9. The fraction of sp³-hybridized carbons (Fsp3) is 0.520. The quantitative estimate of drug-likeness (QED) is 0.0889. The van der Waals surface area contributed by atoms with Crippen LogP contribution in [0.2, 0.25) is 0 Å². The molecule has 62 heavy (non-hydrogen) atoms. The number of anilines is 4.